The van der Waals surface area contributed by atoms with Crippen LogP contribution in [0.5, 0.6) is 0 Å². The number of ether oxygens (including phenoxy) is 2. The molecule has 2 aliphatic rings. The zero-order valence-corrected chi connectivity index (χ0v) is 14.5. The van der Waals surface area contributed by atoms with Crippen LogP contribution in [0, 0.1) is 24.2 Å². The summed E-state index contributed by atoms with van der Waals surface area (Å²) in [5.41, 5.74) is 2.38. The fraction of sp³-hybridized carbons (Fsp3) is 0.545. The lowest BCUT2D eigenvalue weighted by Gasteiger charge is -2.37. The molecule has 0 N–H and O–H groups in total. The molecule has 2 heteroatoms. The second-order valence-corrected chi connectivity index (χ2v) is 7.15. The lowest BCUT2D eigenvalue weighted by Crippen LogP contribution is -2.38. The van der Waals surface area contributed by atoms with E-state index in [0.717, 1.165) is 31.6 Å². The third-order valence-corrected chi connectivity index (χ3v) is 5.48. The molecular weight excluding hydrogens is 296 g/mol. The molecule has 128 valence electrons. The standard InChI is InChI=1S/C22H28O2/c1-3-5-6-18-15-23-22(24-16-18)21-13-11-20(12-14-21)19-9-7-17(4-2)8-10-19/h2-3,7-10,18,20-22H,1,5-6,11-16H2/t18-,20?,21?,22-. The Hall–Kier alpha value is -1.56. The maximum atomic E-state index is 6.02. The van der Waals surface area contributed by atoms with Crippen LogP contribution in [0.25, 0.3) is 0 Å². The summed E-state index contributed by atoms with van der Waals surface area (Å²) in [4.78, 5) is 0. The smallest absolute Gasteiger partial charge is 0.160 e. The Labute approximate surface area is 146 Å². The van der Waals surface area contributed by atoms with Crippen molar-refractivity contribution < 1.29 is 9.47 Å². The summed E-state index contributed by atoms with van der Waals surface area (Å²) in [6.45, 7) is 5.46. The number of terminal acetylenes is 1. The van der Waals surface area contributed by atoms with Crippen molar-refractivity contribution in [3.05, 3.63) is 48.0 Å². The molecule has 0 aromatic heterocycles. The maximum Gasteiger partial charge on any atom is 0.160 e. The van der Waals surface area contributed by atoms with Gasteiger partial charge >= 0.3 is 0 Å². The molecule has 1 aromatic rings. The van der Waals surface area contributed by atoms with Crippen LogP contribution in [0.2, 0.25) is 0 Å². The minimum absolute atomic E-state index is 0.00903. The molecular formula is C22H28O2. The second kappa shape index (κ2) is 8.51. The summed E-state index contributed by atoms with van der Waals surface area (Å²) in [6, 6.07) is 8.49. The van der Waals surface area contributed by atoms with E-state index in [2.05, 4.69) is 36.8 Å². The zero-order valence-electron chi connectivity index (χ0n) is 14.5. The molecule has 1 saturated carbocycles. The van der Waals surface area contributed by atoms with Gasteiger partial charge in [-0.05, 0) is 62.1 Å². The summed E-state index contributed by atoms with van der Waals surface area (Å²) in [6.07, 6.45) is 14.4. The highest BCUT2D eigenvalue weighted by molar-refractivity contribution is 5.35. The first-order valence-electron chi connectivity index (χ1n) is 9.21. The highest BCUT2D eigenvalue weighted by Crippen LogP contribution is 2.39. The molecule has 2 fully saturated rings. The van der Waals surface area contributed by atoms with Crippen molar-refractivity contribution in [1.82, 2.24) is 0 Å². The molecule has 1 heterocycles. The Balaban J connectivity index is 1.45. The zero-order chi connectivity index (χ0) is 16.8. The number of rotatable bonds is 5. The van der Waals surface area contributed by atoms with Crippen molar-refractivity contribution in [3.8, 4) is 12.3 Å². The van der Waals surface area contributed by atoms with E-state index in [0.29, 0.717) is 17.8 Å². The van der Waals surface area contributed by atoms with E-state index in [9.17, 15) is 0 Å². The first-order chi connectivity index (χ1) is 11.8. The quantitative estimate of drug-likeness (QED) is 0.567. The predicted molar refractivity (Wildman–Crippen MR) is 97.7 cm³/mol. The van der Waals surface area contributed by atoms with Gasteiger partial charge in [-0.2, -0.15) is 0 Å². The Morgan fingerprint density at radius 2 is 1.75 bits per heavy atom. The minimum atomic E-state index is 0.00903. The second-order valence-electron chi connectivity index (χ2n) is 7.15. The van der Waals surface area contributed by atoms with E-state index in [-0.39, 0.29) is 6.29 Å². The molecule has 1 aliphatic carbocycles. The largest absolute Gasteiger partial charge is 0.352 e. The summed E-state index contributed by atoms with van der Waals surface area (Å²) in [5.74, 6) is 4.42. The van der Waals surface area contributed by atoms with Crippen LogP contribution in [0.4, 0.5) is 0 Å². The molecule has 0 amide bonds. The third kappa shape index (κ3) is 4.29. The summed E-state index contributed by atoms with van der Waals surface area (Å²) in [5, 5.41) is 0. The van der Waals surface area contributed by atoms with E-state index < -0.39 is 0 Å². The van der Waals surface area contributed by atoms with E-state index in [1.807, 2.05) is 6.08 Å². The van der Waals surface area contributed by atoms with E-state index in [4.69, 9.17) is 15.9 Å². The number of benzene rings is 1. The van der Waals surface area contributed by atoms with Crippen LogP contribution in [-0.2, 0) is 9.47 Å². The highest BCUT2D eigenvalue weighted by atomic mass is 16.7. The van der Waals surface area contributed by atoms with Crippen molar-refractivity contribution in [2.45, 2.75) is 50.7 Å². The van der Waals surface area contributed by atoms with Gasteiger partial charge in [0, 0.05) is 17.4 Å². The van der Waals surface area contributed by atoms with Crippen LogP contribution >= 0.6 is 0 Å². The molecule has 0 atom stereocenters. The third-order valence-electron chi connectivity index (χ3n) is 5.48. The molecule has 0 unspecified atom stereocenters. The van der Waals surface area contributed by atoms with Gasteiger partial charge in [0.15, 0.2) is 6.29 Å². The van der Waals surface area contributed by atoms with Crippen molar-refractivity contribution in [2.24, 2.45) is 11.8 Å². The first kappa shape index (κ1) is 17.3. The first-order valence-corrected chi connectivity index (χ1v) is 9.21. The van der Waals surface area contributed by atoms with Gasteiger partial charge in [-0.15, -0.1) is 13.0 Å². The average Bonchev–Trinajstić information content (AvgIpc) is 2.67. The summed E-state index contributed by atoms with van der Waals surface area (Å²) < 4.78 is 12.0. The summed E-state index contributed by atoms with van der Waals surface area (Å²) in [7, 11) is 0. The monoisotopic (exact) mass is 324 g/mol. The normalized spacial score (nSPS) is 30.5. The van der Waals surface area contributed by atoms with Crippen LogP contribution in [-0.4, -0.2) is 19.5 Å². The van der Waals surface area contributed by atoms with E-state index in [1.54, 1.807) is 0 Å². The molecule has 1 aliphatic heterocycles. The molecule has 0 radical (unpaired) electrons. The number of hydrogen-bond donors (Lipinski definition) is 0. The van der Waals surface area contributed by atoms with Crippen molar-refractivity contribution in [3.63, 3.8) is 0 Å². The molecule has 0 spiro atoms. The molecule has 2 nitrogen and oxygen atoms in total. The fourth-order valence-electron chi connectivity index (χ4n) is 3.93. The lowest BCUT2D eigenvalue weighted by molar-refractivity contribution is -0.229. The highest BCUT2D eigenvalue weighted by Gasteiger charge is 2.32. The van der Waals surface area contributed by atoms with Crippen LogP contribution in [0.1, 0.15) is 55.6 Å². The Bertz CT molecular complexity index is 553. The van der Waals surface area contributed by atoms with E-state index in [1.165, 1.54) is 31.2 Å². The SMILES string of the molecule is C#Cc1ccc(C2CCC([C@H]3OC[C@H](CCC=C)CO3)CC2)cc1. The lowest BCUT2D eigenvalue weighted by atomic mass is 9.78. The van der Waals surface area contributed by atoms with Gasteiger partial charge in [-0.1, -0.05) is 24.1 Å². The van der Waals surface area contributed by atoms with Crippen molar-refractivity contribution in [1.29, 1.82) is 0 Å². The number of allylic oxidation sites excluding steroid dienone is 1. The Kier molecular flexibility index (Phi) is 6.12. The molecule has 0 bridgehead atoms. The van der Waals surface area contributed by atoms with Gasteiger partial charge in [0.2, 0.25) is 0 Å². The van der Waals surface area contributed by atoms with Gasteiger partial charge in [-0.25, -0.2) is 0 Å². The molecule has 3 rings (SSSR count). The predicted octanol–water partition coefficient (Wildman–Crippen LogP) is 4.90. The van der Waals surface area contributed by atoms with Gasteiger partial charge < -0.3 is 9.47 Å². The van der Waals surface area contributed by atoms with Gasteiger partial charge in [0.05, 0.1) is 13.2 Å². The molecule has 24 heavy (non-hydrogen) atoms. The van der Waals surface area contributed by atoms with E-state index >= 15 is 0 Å². The Morgan fingerprint density at radius 3 is 2.33 bits per heavy atom. The van der Waals surface area contributed by atoms with Gasteiger partial charge in [0.1, 0.15) is 0 Å². The summed E-state index contributed by atoms with van der Waals surface area (Å²) >= 11 is 0. The van der Waals surface area contributed by atoms with Crippen molar-refractivity contribution >= 4 is 0 Å². The van der Waals surface area contributed by atoms with Crippen molar-refractivity contribution in [2.75, 3.05) is 13.2 Å². The van der Waals surface area contributed by atoms with Crippen LogP contribution in [0.15, 0.2) is 36.9 Å². The maximum absolute atomic E-state index is 6.02. The molecule has 1 aromatic carbocycles. The molecule has 1 saturated heterocycles. The van der Waals surface area contributed by atoms with Gasteiger partial charge in [0.25, 0.3) is 0 Å². The Morgan fingerprint density at radius 1 is 1.08 bits per heavy atom. The fourth-order valence-corrected chi connectivity index (χ4v) is 3.93. The number of hydrogen-bond acceptors (Lipinski definition) is 2. The topological polar surface area (TPSA) is 18.5 Å². The van der Waals surface area contributed by atoms with Crippen LogP contribution < -0.4 is 0 Å². The average molecular weight is 324 g/mol. The van der Waals surface area contributed by atoms with Crippen LogP contribution in [0.3, 0.4) is 0 Å². The van der Waals surface area contributed by atoms with Gasteiger partial charge in [-0.3, -0.25) is 0 Å². The minimum Gasteiger partial charge on any atom is -0.352 e.